The Morgan fingerprint density at radius 1 is 1.30 bits per heavy atom. The highest BCUT2D eigenvalue weighted by atomic mass is 32.2. The van der Waals surface area contributed by atoms with Crippen molar-refractivity contribution < 1.29 is 17.9 Å². The van der Waals surface area contributed by atoms with Gasteiger partial charge >= 0.3 is 6.03 Å². The number of aryl methyl sites for hydroxylation is 1. The van der Waals surface area contributed by atoms with Crippen LogP contribution in [0.4, 0.5) is 4.79 Å². The minimum atomic E-state index is -3.86. The first-order valence-electron chi connectivity index (χ1n) is 6.27. The number of carbonyl (C=O) groups is 1. The van der Waals surface area contributed by atoms with Gasteiger partial charge in [0, 0.05) is 6.54 Å². The quantitative estimate of drug-likeness (QED) is 0.897. The highest BCUT2D eigenvalue weighted by Crippen LogP contribution is 2.22. The molecular weight excluding hydrogens is 280 g/mol. The Balaban J connectivity index is 2.16. The number of ether oxygens (including phenoxy) is 1. The van der Waals surface area contributed by atoms with E-state index in [0.29, 0.717) is 13.2 Å². The number of amides is 2. The van der Waals surface area contributed by atoms with Crippen molar-refractivity contribution in [1.29, 1.82) is 0 Å². The maximum atomic E-state index is 12.1. The molecule has 1 saturated heterocycles. The number of nitrogens with one attached hydrogen (secondary N) is 1. The van der Waals surface area contributed by atoms with Crippen molar-refractivity contribution in [2.75, 3.05) is 13.2 Å². The monoisotopic (exact) mass is 298 g/mol. The average molecular weight is 298 g/mol. The lowest BCUT2D eigenvalue weighted by Crippen LogP contribution is -2.50. The first-order chi connectivity index (χ1) is 9.22. The molecule has 7 heteroatoms. The van der Waals surface area contributed by atoms with Gasteiger partial charge in [-0.3, -0.25) is 4.90 Å². The molecule has 110 valence electrons. The maximum absolute atomic E-state index is 12.1. The summed E-state index contributed by atoms with van der Waals surface area (Å²) in [7, 11) is -3.86. The Labute approximate surface area is 118 Å². The average Bonchev–Trinajstić information content (AvgIpc) is 2.69. The van der Waals surface area contributed by atoms with Gasteiger partial charge in [-0.15, -0.1) is 0 Å². The predicted octanol–water partition coefficient (Wildman–Crippen LogP) is 1.46. The summed E-state index contributed by atoms with van der Waals surface area (Å²) in [5.74, 6) is 0. The van der Waals surface area contributed by atoms with Gasteiger partial charge in [-0.05, 0) is 32.9 Å². The molecule has 0 aromatic heterocycles. The molecule has 2 rings (SSSR count). The Morgan fingerprint density at radius 2 is 1.90 bits per heavy atom. The highest BCUT2D eigenvalue weighted by Gasteiger charge is 2.38. The van der Waals surface area contributed by atoms with E-state index >= 15 is 0 Å². The van der Waals surface area contributed by atoms with Crippen LogP contribution in [0.1, 0.15) is 19.4 Å². The van der Waals surface area contributed by atoms with Crippen molar-refractivity contribution in [2.24, 2.45) is 0 Å². The van der Waals surface area contributed by atoms with Gasteiger partial charge in [-0.25, -0.2) is 17.9 Å². The van der Waals surface area contributed by atoms with E-state index in [0.717, 1.165) is 5.56 Å². The number of sulfonamides is 1. The van der Waals surface area contributed by atoms with Crippen LogP contribution in [0.25, 0.3) is 0 Å². The Hall–Kier alpha value is -1.60. The van der Waals surface area contributed by atoms with Crippen LogP contribution >= 0.6 is 0 Å². The molecule has 0 atom stereocenters. The van der Waals surface area contributed by atoms with Gasteiger partial charge in [0.1, 0.15) is 5.72 Å². The number of hydrogen-bond acceptors (Lipinski definition) is 4. The standard InChI is InChI=1S/C13H18N2O4S/c1-10-4-6-11(7-5-10)20(17,18)14-12(16)15-8-9-19-13(15,2)3/h4-7H,8-9H2,1-3H3,(H,14,16). The lowest BCUT2D eigenvalue weighted by Gasteiger charge is -2.29. The summed E-state index contributed by atoms with van der Waals surface area (Å²) >= 11 is 0. The van der Waals surface area contributed by atoms with E-state index in [1.165, 1.54) is 17.0 Å². The lowest BCUT2D eigenvalue weighted by molar-refractivity contribution is -0.0298. The fourth-order valence-corrected chi connectivity index (χ4v) is 2.98. The molecule has 1 aliphatic heterocycles. The fraction of sp³-hybridized carbons (Fsp3) is 0.462. The summed E-state index contributed by atoms with van der Waals surface area (Å²) < 4.78 is 31.7. The van der Waals surface area contributed by atoms with Crippen LogP contribution in [-0.2, 0) is 14.8 Å². The summed E-state index contributed by atoms with van der Waals surface area (Å²) in [5, 5.41) is 0. The fourth-order valence-electron chi connectivity index (χ4n) is 2.03. The molecule has 2 amide bonds. The second-order valence-corrected chi connectivity index (χ2v) is 6.85. The zero-order valence-corrected chi connectivity index (χ0v) is 12.5. The van der Waals surface area contributed by atoms with Gasteiger partial charge in [0.15, 0.2) is 0 Å². The molecule has 1 fully saturated rings. The summed E-state index contributed by atoms with van der Waals surface area (Å²) in [5.41, 5.74) is 0.150. The lowest BCUT2D eigenvalue weighted by atomic mass is 10.2. The first-order valence-corrected chi connectivity index (χ1v) is 7.76. The zero-order chi connectivity index (χ0) is 15.0. The maximum Gasteiger partial charge on any atom is 0.333 e. The summed E-state index contributed by atoms with van der Waals surface area (Å²) in [4.78, 5) is 13.5. The van der Waals surface area contributed by atoms with E-state index in [9.17, 15) is 13.2 Å². The van der Waals surface area contributed by atoms with Gasteiger partial charge in [-0.1, -0.05) is 17.7 Å². The van der Waals surface area contributed by atoms with E-state index in [2.05, 4.69) is 4.72 Å². The van der Waals surface area contributed by atoms with Gasteiger partial charge in [0.05, 0.1) is 11.5 Å². The Kier molecular flexibility index (Phi) is 3.75. The number of carbonyl (C=O) groups excluding carboxylic acids is 1. The van der Waals surface area contributed by atoms with Crippen molar-refractivity contribution in [3.63, 3.8) is 0 Å². The molecule has 1 aromatic carbocycles. The second kappa shape index (κ2) is 5.06. The van der Waals surface area contributed by atoms with Crippen LogP contribution in [0.2, 0.25) is 0 Å². The van der Waals surface area contributed by atoms with Crippen LogP contribution in [0, 0.1) is 6.92 Å². The van der Waals surface area contributed by atoms with Crippen LogP contribution < -0.4 is 4.72 Å². The van der Waals surface area contributed by atoms with Crippen molar-refractivity contribution in [3.05, 3.63) is 29.8 Å². The normalized spacial score (nSPS) is 18.1. The molecule has 0 aliphatic carbocycles. The van der Waals surface area contributed by atoms with Gasteiger partial charge in [0.25, 0.3) is 10.0 Å². The molecular formula is C13H18N2O4S. The molecule has 0 spiro atoms. The molecule has 1 aliphatic rings. The summed E-state index contributed by atoms with van der Waals surface area (Å²) in [6.45, 7) is 6.06. The molecule has 0 radical (unpaired) electrons. The molecule has 20 heavy (non-hydrogen) atoms. The smallest absolute Gasteiger partial charge is 0.333 e. The molecule has 6 nitrogen and oxygen atoms in total. The first kappa shape index (κ1) is 14.8. The SMILES string of the molecule is Cc1ccc(S(=O)(=O)NC(=O)N2CCOC2(C)C)cc1. The van der Waals surface area contributed by atoms with Crippen LogP contribution in [0.5, 0.6) is 0 Å². The number of rotatable bonds is 2. The second-order valence-electron chi connectivity index (χ2n) is 5.17. The molecule has 1 N–H and O–H groups in total. The van der Waals surface area contributed by atoms with Gasteiger partial charge < -0.3 is 4.74 Å². The van der Waals surface area contributed by atoms with E-state index in [1.54, 1.807) is 26.0 Å². The number of nitrogens with zero attached hydrogens (tertiary/aromatic N) is 1. The third-order valence-corrected chi connectivity index (χ3v) is 4.55. The van der Waals surface area contributed by atoms with Crippen molar-refractivity contribution in [1.82, 2.24) is 9.62 Å². The number of benzene rings is 1. The van der Waals surface area contributed by atoms with E-state index in [-0.39, 0.29) is 4.90 Å². The van der Waals surface area contributed by atoms with Gasteiger partial charge in [0.2, 0.25) is 0 Å². The Bertz CT molecular complexity index is 608. The van der Waals surface area contributed by atoms with Crippen LogP contribution in [0.3, 0.4) is 0 Å². The number of urea groups is 1. The zero-order valence-electron chi connectivity index (χ0n) is 11.7. The third kappa shape index (κ3) is 2.94. The van der Waals surface area contributed by atoms with Crippen molar-refractivity contribution >= 4 is 16.1 Å². The van der Waals surface area contributed by atoms with E-state index < -0.39 is 21.8 Å². The van der Waals surface area contributed by atoms with Crippen LogP contribution in [0.15, 0.2) is 29.2 Å². The predicted molar refractivity (Wildman–Crippen MR) is 73.6 cm³/mol. The highest BCUT2D eigenvalue weighted by molar-refractivity contribution is 7.90. The summed E-state index contributed by atoms with van der Waals surface area (Å²) in [6, 6.07) is 5.63. The molecule has 0 bridgehead atoms. The van der Waals surface area contributed by atoms with Crippen LogP contribution in [-0.4, -0.2) is 38.2 Å². The molecule has 1 heterocycles. The third-order valence-electron chi connectivity index (χ3n) is 3.22. The minimum absolute atomic E-state index is 0.0642. The topological polar surface area (TPSA) is 75.7 Å². The minimum Gasteiger partial charge on any atom is -0.354 e. The Morgan fingerprint density at radius 3 is 2.40 bits per heavy atom. The van der Waals surface area contributed by atoms with E-state index in [4.69, 9.17) is 4.74 Å². The van der Waals surface area contributed by atoms with Gasteiger partial charge in [-0.2, -0.15) is 0 Å². The summed E-state index contributed by atoms with van der Waals surface area (Å²) in [6.07, 6.45) is 0. The largest absolute Gasteiger partial charge is 0.354 e. The number of hydrogen-bond donors (Lipinski definition) is 1. The van der Waals surface area contributed by atoms with E-state index in [1.807, 2.05) is 6.92 Å². The molecule has 0 saturated carbocycles. The van der Waals surface area contributed by atoms with Crippen molar-refractivity contribution in [2.45, 2.75) is 31.4 Å². The van der Waals surface area contributed by atoms with Crippen molar-refractivity contribution in [3.8, 4) is 0 Å². The molecule has 1 aromatic rings. The molecule has 0 unspecified atom stereocenters.